The topological polar surface area (TPSA) is 66.9 Å². The molecule has 110 valence electrons. The normalized spacial score (nSPS) is 10.2. The van der Waals surface area contributed by atoms with Crippen LogP contribution in [0.4, 0.5) is 11.6 Å². The molecule has 0 bridgehead atoms. The second kappa shape index (κ2) is 7.73. The SMILES string of the molecule is CCCCNC(=O)c1cnc(Nc2cccc(Br)c2)nc1. The smallest absolute Gasteiger partial charge is 0.254 e. The molecule has 2 rings (SSSR count). The van der Waals surface area contributed by atoms with Crippen molar-refractivity contribution in [2.75, 3.05) is 11.9 Å². The van der Waals surface area contributed by atoms with Gasteiger partial charge in [-0.1, -0.05) is 35.3 Å². The molecule has 0 spiro atoms. The summed E-state index contributed by atoms with van der Waals surface area (Å²) in [7, 11) is 0. The van der Waals surface area contributed by atoms with Crippen LogP contribution in [0.25, 0.3) is 0 Å². The third-order valence-corrected chi connectivity index (χ3v) is 3.30. The van der Waals surface area contributed by atoms with Crippen LogP contribution >= 0.6 is 15.9 Å². The highest BCUT2D eigenvalue weighted by Crippen LogP contribution is 2.18. The van der Waals surface area contributed by atoms with E-state index in [1.54, 1.807) is 0 Å². The number of carbonyl (C=O) groups excluding carboxylic acids is 1. The number of unbranched alkanes of at least 4 members (excludes halogenated alkanes) is 1. The Morgan fingerprint density at radius 3 is 2.71 bits per heavy atom. The van der Waals surface area contributed by atoms with Crippen LogP contribution < -0.4 is 10.6 Å². The van der Waals surface area contributed by atoms with Gasteiger partial charge in [-0.25, -0.2) is 9.97 Å². The summed E-state index contributed by atoms with van der Waals surface area (Å²) in [5.41, 5.74) is 1.34. The largest absolute Gasteiger partial charge is 0.352 e. The molecular formula is C15H17BrN4O. The summed E-state index contributed by atoms with van der Waals surface area (Å²) in [4.78, 5) is 20.1. The first kappa shape index (κ1) is 15.4. The van der Waals surface area contributed by atoms with E-state index < -0.39 is 0 Å². The number of benzene rings is 1. The average molecular weight is 349 g/mol. The third-order valence-electron chi connectivity index (χ3n) is 2.81. The molecule has 0 saturated heterocycles. The maximum Gasteiger partial charge on any atom is 0.254 e. The van der Waals surface area contributed by atoms with Gasteiger partial charge < -0.3 is 10.6 Å². The summed E-state index contributed by atoms with van der Waals surface area (Å²) >= 11 is 3.40. The van der Waals surface area contributed by atoms with Gasteiger partial charge >= 0.3 is 0 Å². The Bertz CT molecular complexity index is 601. The fraction of sp³-hybridized carbons (Fsp3) is 0.267. The number of anilines is 2. The van der Waals surface area contributed by atoms with Crippen LogP contribution in [0.5, 0.6) is 0 Å². The Morgan fingerprint density at radius 2 is 2.05 bits per heavy atom. The Hall–Kier alpha value is -1.95. The zero-order chi connectivity index (χ0) is 15.1. The molecule has 1 aromatic heterocycles. The van der Waals surface area contributed by atoms with Crippen LogP contribution in [0.3, 0.4) is 0 Å². The van der Waals surface area contributed by atoms with E-state index in [2.05, 4.69) is 43.5 Å². The number of aromatic nitrogens is 2. The van der Waals surface area contributed by atoms with E-state index in [4.69, 9.17) is 0 Å². The molecule has 0 saturated carbocycles. The molecule has 0 aliphatic carbocycles. The minimum atomic E-state index is -0.141. The van der Waals surface area contributed by atoms with E-state index in [9.17, 15) is 4.79 Å². The van der Waals surface area contributed by atoms with E-state index in [0.717, 1.165) is 23.0 Å². The molecule has 1 aromatic carbocycles. The standard InChI is InChI=1S/C15H17BrN4O/c1-2-3-7-17-14(21)11-9-18-15(19-10-11)20-13-6-4-5-12(16)8-13/h4-6,8-10H,2-3,7H2,1H3,(H,17,21)(H,18,19,20). The lowest BCUT2D eigenvalue weighted by Gasteiger charge is -2.06. The van der Waals surface area contributed by atoms with Crippen molar-refractivity contribution in [1.82, 2.24) is 15.3 Å². The summed E-state index contributed by atoms with van der Waals surface area (Å²) in [6.07, 6.45) is 5.06. The Labute approximate surface area is 132 Å². The van der Waals surface area contributed by atoms with Gasteiger partial charge in [-0.3, -0.25) is 4.79 Å². The number of hydrogen-bond donors (Lipinski definition) is 2. The van der Waals surface area contributed by atoms with Crippen molar-refractivity contribution in [2.45, 2.75) is 19.8 Å². The van der Waals surface area contributed by atoms with Gasteiger partial charge in [0.2, 0.25) is 5.95 Å². The van der Waals surface area contributed by atoms with Crippen LogP contribution in [0.15, 0.2) is 41.1 Å². The third kappa shape index (κ3) is 4.82. The van der Waals surface area contributed by atoms with E-state index in [1.165, 1.54) is 12.4 Å². The van der Waals surface area contributed by atoms with Crippen molar-refractivity contribution in [3.05, 3.63) is 46.7 Å². The first-order chi connectivity index (χ1) is 10.2. The summed E-state index contributed by atoms with van der Waals surface area (Å²) in [5, 5.41) is 5.91. The monoisotopic (exact) mass is 348 g/mol. The van der Waals surface area contributed by atoms with E-state index >= 15 is 0 Å². The Morgan fingerprint density at radius 1 is 1.29 bits per heavy atom. The fourth-order valence-corrected chi connectivity index (χ4v) is 2.09. The van der Waals surface area contributed by atoms with Crippen molar-refractivity contribution in [1.29, 1.82) is 0 Å². The molecule has 0 aliphatic heterocycles. The fourth-order valence-electron chi connectivity index (χ4n) is 1.69. The summed E-state index contributed by atoms with van der Waals surface area (Å²) in [6, 6.07) is 7.70. The van der Waals surface area contributed by atoms with Gasteiger partial charge in [-0.2, -0.15) is 0 Å². The molecule has 0 radical (unpaired) electrons. The first-order valence-corrected chi connectivity index (χ1v) is 7.61. The second-order valence-corrected chi connectivity index (χ2v) is 5.46. The predicted molar refractivity (Wildman–Crippen MR) is 86.7 cm³/mol. The minimum Gasteiger partial charge on any atom is -0.352 e. The Kier molecular flexibility index (Phi) is 5.68. The molecule has 0 atom stereocenters. The maximum absolute atomic E-state index is 11.8. The lowest BCUT2D eigenvalue weighted by molar-refractivity contribution is 0.0952. The van der Waals surface area contributed by atoms with Crippen LogP contribution in [0, 0.1) is 0 Å². The van der Waals surface area contributed by atoms with Gasteiger partial charge in [0.15, 0.2) is 0 Å². The molecule has 21 heavy (non-hydrogen) atoms. The summed E-state index contributed by atoms with van der Waals surface area (Å²) in [5.74, 6) is 0.315. The van der Waals surface area contributed by atoms with Crippen LogP contribution in [-0.4, -0.2) is 22.4 Å². The van der Waals surface area contributed by atoms with Gasteiger partial charge in [0.05, 0.1) is 5.56 Å². The van der Waals surface area contributed by atoms with Crippen molar-refractivity contribution < 1.29 is 4.79 Å². The average Bonchev–Trinajstić information content (AvgIpc) is 2.48. The summed E-state index contributed by atoms with van der Waals surface area (Å²) in [6.45, 7) is 2.76. The van der Waals surface area contributed by atoms with Gasteiger partial charge in [-0.15, -0.1) is 0 Å². The number of nitrogens with zero attached hydrogens (tertiary/aromatic N) is 2. The number of halogens is 1. The number of rotatable bonds is 6. The lowest BCUT2D eigenvalue weighted by Crippen LogP contribution is -2.24. The van der Waals surface area contributed by atoms with E-state index in [0.29, 0.717) is 18.1 Å². The molecule has 2 N–H and O–H groups in total. The minimum absolute atomic E-state index is 0.141. The number of nitrogens with one attached hydrogen (secondary N) is 2. The van der Waals surface area contributed by atoms with Crippen molar-refractivity contribution in [3.63, 3.8) is 0 Å². The van der Waals surface area contributed by atoms with Crippen molar-refractivity contribution in [2.24, 2.45) is 0 Å². The first-order valence-electron chi connectivity index (χ1n) is 6.82. The van der Waals surface area contributed by atoms with Gasteiger partial charge in [-0.05, 0) is 24.6 Å². The van der Waals surface area contributed by atoms with Crippen LogP contribution in [-0.2, 0) is 0 Å². The van der Waals surface area contributed by atoms with Crippen LogP contribution in [0.1, 0.15) is 30.1 Å². The molecule has 0 fully saturated rings. The van der Waals surface area contributed by atoms with E-state index in [1.807, 2.05) is 24.3 Å². The number of hydrogen-bond acceptors (Lipinski definition) is 4. The van der Waals surface area contributed by atoms with Gasteiger partial charge in [0.1, 0.15) is 0 Å². The maximum atomic E-state index is 11.8. The second-order valence-electron chi connectivity index (χ2n) is 4.54. The molecule has 1 heterocycles. The number of carbonyl (C=O) groups is 1. The Balaban J connectivity index is 1.97. The zero-order valence-corrected chi connectivity index (χ0v) is 13.4. The van der Waals surface area contributed by atoms with Crippen molar-refractivity contribution >= 4 is 33.5 Å². The number of amides is 1. The van der Waals surface area contributed by atoms with Gasteiger partial charge in [0, 0.05) is 29.1 Å². The molecule has 0 unspecified atom stereocenters. The van der Waals surface area contributed by atoms with Crippen LogP contribution in [0.2, 0.25) is 0 Å². The highest BCUT2D eigenvalue weighted by atomic mass is 79.9. The molecule has 1 amide bonds. The molecule has 2 aromatic rings. The van der Waals surface area contributed by atoms with Crippen molar-refractivity contribution in [3.8, 4) is 0 Å². The highest BCUT2D eigenvalue weighted by Gasteiger charge is 2.06. The van der Waals surface area contributed by atoms with Gasteiger partial charge in [0.25, 0.3) is 5.91 Å². The lowest BCUT2D eigenvalue weighted by atomic mass is 10.3. The summed E-state index contributed by atoms with van der Waals surface area (Å²) < 4.78 is 0.972. The predicted octanol–water partition coefficient (Wildman–Crippen LogP) is 3.51. The molecule has 0 aliphatic rings. The molecule has 5 nitrogen and oxygen atoms in total. The highest BCUT2D eigenvalue weighted by molar-refractivity contribution is 9.10. The molecule has 6 heteroatoms. The quantitative estimate of drug-likeness (QED) is 0.784. The van der Waals surface area contributed by atoms with E-state index in [-0.39, 0.29) is 5.91 Å². The molecular weight excluding hydrogens is 332 g/mol. The zero-order valence-electron chi connectivity index (χ0n) is 11.8.